The summed E-state index contributed by atoms with van der Waals surface area (Å²) in [6.45, 7) is 2.98. The molecular weight excluding hydrogens is 515 g/mol. The van der Waals surface area contributed by atoms with E-state index in [-0.39, 0.29) is 30.5 Å². The number of carbonyl (C=O) groups excluding carboxylic acids is 1. The molecule has 0 bridgehead atoms. The molecule has 0 saturated heterocycles. The van der Waals surface area contributed by atoms with Crippen LogP contribution in [0.2, 0.25) is 0 Å². The first-order chi connectivity index (χ1) is 18.0. The zero-order valence-electron chi connectivity index (χ0n) is 20.7. The van der Waals surface area contributed by atoms with E-state index in [2.05, 4.69) is 14.7 Å². The molecule has 4 N–H and O–H groups in total. The SMILES string of the molecule is CC1(C)OC(N[C@@H](CCO)c2ccccc2F)=NS(=O)(=O)[C@H]1c1ccc(-c2ccnc(OC(N)=O)c2)cc1. The van der Waals surface area contributed by atoms with Crippen LogP contribution in [0.4, 0.5) is 9.18 Å². The molecule has 10 nitrogen and oxygen atoms in total. The smallest absolute Gasteiger partial charge is 0.411 e. The number of pyridine rings is 1. The van der Waals surface area contributed by atoms with Gasteiger partial charge in [-0.15, -0.1) is 4.40 Å². The number of hydrogen-bond acceptors (Lipinski definition) is 8. The van der Waals surface area contributed by atoms with E-state index in [1.165, 1.54) is 24.4 Å². The van der Waals surface area contributed by atoms with Gasteiger partial charge in [0.05, 0.1) is 6.04 Å². The van der Waals surface area contributed by atoms with Gasteiger partial charge >= 0.3 is 12.1 Å². The normalized spacial score (nSPS) is 18.5. The van der Waals surface area contributed by atoms with Crippen molar-refractivity contribution in [3.05, 3.63) is 83.8 Å². The van der Waals surface area contributed by atoms with Crippen LogP contribution in [0.25, 0.3) is 11.1 Å². The van der Waals surface area contributed by atoms with E-state index in [1.807, 2.05) is 0 Å². The summed E-state index contributed by atoms with van der Waals surface area (Å²) in [7, 11) is -4.12. The first-order valence-electron chi connectivity index (χ1n) is 11.7. The van der Waals surface area contributed by atoms with E-state index in [0.717, 1.165) is 5.56 Å². The molecule has 4 rings (SSSR count). The second-order valence-corrected chi connectivity index (χ2v) is 10.8. The Kier molecular flexibility index (Phi) is 7.65. The number of hydrogen-bond donors (Lipinski definition) is 3. The van der Waals surface area contributed by atoms with Crippen LogP contribution in [0.1, 0.15) is 42.7 Å². The number of aromatic nitrogens is 1. The number of sulfonamides is 1. The van der Waals surface area contributed by atoms with Crippen LogP contribution >= 0.6 is 0 Å². The minimum Gasteiger partial charge on any atom is -0.457 e. The van der Waals surface area contributed by atoms with E-state index < -0.39 is 38.8 Å². The third kappa shape index (κ3) is 5.92. The summed E-state index contributed by atoms with van der Waals surface area (Å²) in [5, 5.41) is 11.2. The second kappa shape index (κ2) is 10.8. The molecule has 1 aromatic heterocycles. The molecule has 2 atom stereocenters. The van der Waals surface area contributed by atoms with Crippen molar-refractivity contribution in [3.8, 4) is 17.0 Å². The molecule has 3 aromatic rings. The van der Waals surface area contributed by atoms with Gasteiger partial charge in [0.2, 0.25) is 5.88 Å². The van der Waals surface area contributed by atoms with Crippen molar-refractivity contribution in [2.45, 2.75) is 37.2 Å². The number of carbonyl (C=O) groups is 1. The molecule has 2 heterocycles. The van der Waals surface area contributed by atoms with Crippen molar-refractivity contribution in [1.29, 1.82) is 0 Å². The molecule has 0 fully saturated rings. The maximum absolute atomic E-state index is 14.4. The van der Waals surface area contributed by atoms with Crippen LogP contribution in [0, 0.1) is 5.82 Å². The predicted octanol–water partition coefficient (Wildman–Crippen LogP) is 3.59. The Balaban J connectivity index is 1.61. The van der Waals surface area contributed by atoms with E-state index in [4.69, 9.17) is 15.2 Å². The molecule has 1 aliphatic rings. The monoisotopic (exact) mass is 542 g/mol. The van der Waals surface area contributed by atoms with Gasteiger partial charge in [-0.1, -0.05) is 42.5 Å². The maximum atomic E-state index is 14.4. The number of nitrogens with two attached hydrogens (primary N) is 1. The second-order valence-electron chi connectivity index (χ2n) is 9.15. The molecule has 38 heavy (non-hydrogen) atoms. The molecular formula is C26H27FN4O6S. The Morgan fingerprint density at radius 2 is 1.89 bits per heavy atom. The van der Waals surface area contributed by atoms with Gasteiger partial charge in [0.1, 0.15) is 16.7 Å². The molecule has 12 heteroatoms. The molecule has 0 aliphatic carbocycles. The number of halogens is 1. The first kappa shape index (κ1) is 27.0. The summed E-state index contributed by atoms with van der Waals surface area (Å²) >= 11 is 0. The minimum atomic E-state index is -4.12. The topological polar surface area (TPSA) is 153 Å². The third-order valence-corrected chi connectivity index (χ3v) is 7.84. The number of aliphatic hydroxyl groups is 1. The third-order valence-electron chi connectivity index (χ3n) is 5.98. The van der Waals surface area contributed by atoms with Crippen LogP contribution in [-0.4, -0.2) is 42.8 Å². The molecule has 2 aromatic carbocycles. The molecule has 0 saturated carbocycles. The zero-order valence-corrected chi connectivity index (χ0v) is 21.5. The van der Waals surface area contributed by atoms with Crippen molar-refractivity contribution < 1.29 is 32.2 Å². The van der Waals surface area contributed by atoms with E-state index in [1.54, 1.807) is 56.3 Å². The summed E-state index contributed by atoms with van der Waals surface area (Å²) < 4.78 is 55.7. The van der Waals surface area contributed by atoms with Crippen molar-refractivity contribution in [3.63, 3.8) is 0 Å². The molecule has 1 aliphatic heterocycles. The molecule has 0 unspecified atom stereocenters. The van der Waals surface area contributed by atoms with Gasteiger partial charge in [-0.25, -0.2) is 22.6 Å². The molecule has 200 valence electrons. The van der Waals surface area contributed by atoms with Gasteiger partial charge in [0.25, 0.3) is 10.0 Å². The van der Waals surface area contributed by atoms with Crippen LogP contribution in [0.5, 0.6) is 5.88 Å². The molecule has 0 radical (unpaired) electrons. The highest BCUT2D eigenvalue weighted by molar-refractivity contribution is 7.90. The van der Waals surface area contributed by atoms with E-state index in [9.17, 15) is 22.7 Å². The highest BCUT2D eigenvalue weighted by atomic mass is 32.2. The summed E-state index contributed by atoms with van der Waals surface area (Å²) in [6.07, 6.45) is 0.579. The number of amidine groups is 1. The first-order valence-corrected chi connectivity index (χ1v) is 13.2. The minimum absolute atomic E-state index is 0.0349. The highest BCUT2D eigenvalue weighted by Crippen LogP contribution is 2.41. The van der Waals surface area contributed by atoms with Crippen LogP contribution in [-0.2, 0) is 14.8 Å². The van der Waals surface area contributed by atoms with Crippen LogP contribution in [0.3, 0.4) is 0 Å². The number of amides is 1. The summed E-state index contributed by atoms with van der Waals surface area (Å²) in [5.41, 5.74) is 5.89. The van der Waals surface area contributed by atoms with Crippen LogP contribution < -0.4 is 15.8 Å². The average molecular weight is 543 g/mol. The Hall–Kier alpha value is -4.03. The van der Waals surface area contributed by atoms with Gasteiger partial charge in [-0.3, -0.25) is 0 Å². The van der Waals surface area contributed by atoms with Crippen molar-refractivity contribution in [2.24, 2.45) is 10.1 Å². The van der Waals surface area contributed by atoms with E-state index >= 15 is 0 Å². The summed E-state index contributed by atoms with van der Waals surface area (Å²) in [6, 6.07) is 15.0. The number of nitrogens with one attached hydrogen (secondary N) is 1. The lowest BCUT2D eigenvalue weighted by molar-refractivity contribution is 0.0759. The Bertz CT molecular complexity index is 1460. The molecule has 0 spiro atoms. The van der Waals surface area contributed by atoms with Gasteiger partial charge in [0, 0.05) is 24.4 Å². The lowest BCUT2D eigenvalue weighted by Crippen LogP contribution is -2.47. The van der Waals surface area contributed by atoms with E-state index in [0.29, 0.717) is 11.1 Å². The number of benzene rings is 2. The Morgan fingerprint density at radius 3 is 2.53 bits per heavy atom. The lowest BCUT2D eigenvalue weighted by atomic mass is 9.95. The zero-order chi connectivity index (χ0) is 27.5. The van der Waals surface area contributed by atoms with Crippen LogP contribution in [0.15, 0.2) is 71.3 Å². The highest BCUT2D eigenvalue weighted by Gasteiger charge is 2.47. The quantitative estimate of drug-likeness (QED) is 0.409. The lowest BCUT2D eigenvalue weighted by Gasteiger charge is -2.38. The van der Waals surface area contributed by atoms with Crippen molar-refractivity contribution >= 4 is 22.1 Å². The molecule has 1 amide bonds. The Labute approximate surface area is 219 Å². The Morgan fingerprint density at radius 1 is 1.18 bits per heavy atom. The fourth-order valence-electron chi connectivity index (χ4n) is 4.42. The number of primary amides is 1. The largest absolute Gasteiger partial charge is 0.457 e. The fourth-order valence-corrected chi connectivity index (χ4v) is 6.11. The predicted molar refractivity (Wildman–Crippen MR) is 138 cm³/mol. The number of ether oxygens (including phenoxy) is 2. The van der Waals surface area contributed by atoms with Crippen molar-refractivity contribution in [2.75, 3.05) is 6.61 Å². The maximum Gasteiger partial charge on any atom is 0.411 e. The van der Waals surface area contributed by atoms with Gasteiger partial charge < -0.3 is 25.6 Å². The van der Waals surface area contributed by atoms with Gasteiger partial charge in [-0.05, 0) is 49.1 Å². The average Bonchev–Trinajstić information content (AvgIpc) is 2.83. The number of aliphatic hydroxyl groups excluding tert-OH is 1. The standard InChI is InChI=1S/C26H27FN4O6S/c1-26(2)23(17-9-7-16(8-10-17)18-11-13-29-22(15-18)36-24(28)33)38(34,35)31-25(37-26)30-21(12-14-32)19-5-3-4-6-20(19)27/h3-11,13,15,21,23,32H,12,14H2,1-2H3,(H2,28,33)(H,30,31)/t21-,23-/m0/s1. The fraction of sp³-hybridized carbons (Fsp3) is 0.269. The van der Waals surface area contributed by atoms with Gasteiger partial charge in [-0.2, -0.15) is 0 Å². The summed E-state index contributed by atoms with van der Waals surface area (Å²) in [5.74, 6) is -0.467. The number of rotatable bonds is 7. The van der Waals surface area contributed by atoms with Gasteiger partial charge in [0.15, 0.2) is 0 Å². The number of nitrogens with zero attached hydrogens (tertiary/aromatic N) is 2. The van der Waals surface area contributed by atoms with Crippen molar-refractivity contribution in [1.82, 2.24) is 10.3 Å². The summed E-state index contributed by atoms with van der Waals surface area (Å²) in [4.78, 5) is 14.9.